The van der Waals surface area contributed by atoms with E-state index in [2.05, 4.69) is 10.3 Å². The van der Waals surface area contributed by atoms with Gasteiger partial charge in [-0.15, -0.1) is 0 Å². The van der Waals surface area contributed by atoms with Gasteiger partial charge in [-0.05, 0) is 28.8 Å². The molecule has 0 aliphatic carbocycles. The van der Waals surface area contributed by atoms with E-state index in [0.717, 1.165) is 12.3 Å². The molecule has 0 aliphatic heterocycles. The molecule has 102 valence electrons. The molecule has 0 aliphatic rings. The Hall–Kier alpha value is -2.31. The number of aromatic nitrogens is 1. The van der Waals surface area contributed by atoms with E-state index >= 15 is 0 Å². The summed E-state index contributed by atoms with van der Waals surface area (Å²) in [6.45, 7) is 3.71. The van der Waals surface area contributed by atoms with Gasteiger partial charge in [0.25, 0.3) is 5.91 Å². The molecule has 0 unspecified atom stereocenters. The maximum atomic E-state index is 11.8. The minimum atomic E-state index is -0.695. The normalized spacial score (nSPS) is 10.3. The fraction of sp³-hybridized carbons (Fsp3) is 0.417. The molecule has 0 bridgehead atoms. The van der Waals surface area contributed by atoms with Crippen LogP contribution in [0.3, 0.4) is 0 Å². The van der Waals surface area contributed by atoms with Gasteiger partial charge in [0, 0.05) is 12.0 Å². The molecule has 0 atom stereocenters. The van der Waals surface area contributed by atoms with Crippen LogP contribution in [0.5, 0.6) is 0 Å². The lowest BCUT2D eigenvalue weighted by molar-refractivity contribution is -0.389. The van der Waals surface area contributed by atoms with Crippen LogP contribution in [0.4, 0.5) is 5.82 Å². The van der Waals surface area contributed by atoms with Crippen molar-refractivity contribution in [2.45, 2.75) is 26.7 Å². The Balaban J connectivity index is 2.81. The van der Waals surface area contributed by atoms with E-state index in [4.69, 9.17) is 0 Å². The first kappa shape index (κ1) is 14.7. The molecular weight excluding hydrogens is 250 g/mol. The highest BCUT2D eigenvalue weighted by atomic mass is 16.6. The largest absolute Gasteiger partial charge is 0.364 e. The van der Waals surface area contributed by atoms with E-state index in [0.29, 0.717) is 12.8 Å². The third kappa shape index (κ3) is 3.84. The second kappa shape index (κ2) is 6.58. The minimum Gasteiger partial charge on any atom is -0.358 e. The maximum Gasteiger partial charge on any atom is 0.364 e. The number of amides is 2. The summed E-state index contributed by atoms with van der Waals surface area (Å²) in [5.74, 6) is -1.68. The Morgan fingerprint density at radius 2 is 2.05 bits per heavy atom. The quantitative estimate of drug-likeness (QED) is 0.644. The van der Waals surface area contributed by atoms with Crippen molar-refractivity contribution in [1.82, 2.24) is 10.3 Å². The van der Waals surface area contributed by atoms with E-state index in [-0.39, 0.29) is 17.4 Å². The van der Waals surface area contributed by atoms with E-state index in [1.54, 1.807) is 0 Å². The number of hydrogen-bond donors (Lipinski definition) is 1. The van der Waals surface area contributed by atoms with E-state index in [1.165, 1.54) is 6.07 Å². The lowest BCUT2D eigenvalue weighted by atomic mass is 10.0. The second-order valence-corrected chi connectivity index (χ2v) is 3.99. The van der Waals surface area contributed by atoms with Crippen LogP contribution in [0.1, 0.15) is 37.0 Å². The van der Waals surface area contributed by atoms with E-state index in [1.807, 2.05) is 13.8 Å². The first-order valence-electron chi connectivity index (χ1n) is 5.95. The van der Waals surface area contributed by atoms with Crippen LogP contribution >= 0.6 is 0 Å². The number of rotatable bonds is 5. The number of hydrogen-bond acceptors (Lipinski definition) is 5. The number of imide groups is 1. The summed E-state index contributed by atoms with van der Waals surface area (Å²) in [5.41, 5.74) is 0.0426. The van der Waals surface area contributed by atoms with Crippen LogP contribution in [0, 0.1) is 16.0 Å². The third-order valence-corrected chi connectivity index (χ3v) is 2.79. The Morgan fingerprint density at radius 3 is 2.58 bits per heavy atom. The molecule has 1 N–H and O–H groups in total. The highest BCUT2D eigenvalue weighted by Gasteiger charge is 2.19. The fourth-order valence-corrected chi connectivity index (χ4v) is 1.61. The van der Waals surface area contributed by atoms with Crippen molar-refractivity contribution < 1.29 is 14.5 Å². The van der Waals surface area contributed by atoms with Gasteiger partial charge in [0.2, 0.25) is 5.91 Å². The van der Waals surface area contributed by atoms with Crippen molar-refractivity contribution in [3.63, 3.8) is 0 Å². The molecule has 19 heavy (non-hydrogen) atoms. The molecule has 7 nitrogen and oxygen atoms in total. The topological polar surface area (TPSA) is 102 Å². The van der Waals surface area contributed by atoms with Crippen LogP contribution in [-0.4, -0.2) is 21.7 Å². The molecule has 0 fully saturated rings. The Labute approximate surface area is 110 Å². The first-order valence-corrected chi connectivity index (χ1v) is 5.95. The summed E-state index contributed by atoms with van der Waals surface area (Å²) in [6.07, 6.45) is 2.42. The Bertz CT molecular complexity index is 498. The summed E-state index contributed by atoms with van der Waals surface area (Å²) >= 11 is 0. The number of nitrogens with zero attached hydrogens (tertiary/aromatic N) is 2. The summed E-state index contributed by atoms with van der Waals surface area (Å²) in [7, 11) is 0. The van der Waals surface area contributed by atoms with Gasteiger partial charge in [-0.2, -0.15) is 0 Å². The third-order valence-electron chi connectivity index (χ3n) is 2.79. The van der Waals surface area contributed by atoms with Gasteiger partial charge in [0.15, 0.2) is 0 Å². The van der Waals surface area contributed by atoms with Crippen LogP contribution in [0.25, 0.3) is 0 Å². The number of nitro groups is 1. The number of pyridine rings is 1. The molecule has 0 radical (unpaired) electrons. The van der Waals surface area contributed by atoms with Gasteiger partial charge in [0.05, 0.1) is 5.56 Å². The molecule has 2 amide bonds. The molecule has 0 aromatic carbocycles. The van der Waals surface area contributed by atoms with Crippen LogP contribution in [0.2, 0.25) is 0 Å². The minimum absolute atomic E-state index is 0.0426. The summed E-state index contributed by atoms with van der Waals surface area (Å²) in [5, 5.41) is 12.8. The van der Waals surface area contributed by atoms with Gasteiger partial charge in [0.1, 0.15) is 6.20 Å². The zero-order valence-corrected chi connectivity index (χ0v) is 10.8. The number of carbonyl (C=O) groups excluding carboxylic acids is 2. The predicted octanol–water partition coefficient (Wildman–Crippen LogP) is 1.68. The average molecular weight is 265 g/mol. The molecule has 0 saturated heterocycles. The highest BCUT2D eigenvalue weighted by molar-refractivity contribution is 6.05. The summed E-state index contributed by atoms with van der Waals surface area (Å²) in [4.78, 5) is 36.9. The molecular formula is C12H15N3O4. The number of carbonyl (C=O) groups is 2. The maximum absolute atomic E-state index is 11.8. The van der Waals surface area contributed by atoms with Crippen molar-refractivity contribution in [3.05, 3.63) is 34.0 Å². The van der Waals surface area contributed by atoms with Crippen molar-refractivity contribution in [2.24, 2.45) is 5.92 Å². The highest BCUT2D eigenvalue weighted by Crippen LogP contribution is 2.11. The molecule has 1 aromatic heterocycles. The van der Waals surface area contributed by atoms with E-state index in [9.17, 15) is 19.7 Å². The van der Waals surface area contributed by atoms with E-state index < -0.39 is 16.6 Å². The lowest BCUT2D eigenvalue weighted by Gasteiger charge is -2.11. The first-order chi connectivity index (χ1) is 8.99. The summed E-state index contributed by atoms with van der Waals surface area (Å²) in [6, 6.07) is 2.36. The monoisotopic (exact) mass is 265 g/mol. The Morgan fingerprint density at radius 1 is 1.42 bits per heavy atom. The van der Waals surface area contributed by atoms with Crippen molar-refractivity contribution >= 4 is 17.6 Å². The lowest BCUT2D eigenvalue weighted by Crippen LogP contribution is -2.35. The molecule has 1 rings (SSSR count). The standard InChI is InChI=1S/C12H15N3O4/c1-3-8(4-2)11(16)14-12(17)9-5-6-13-10(7-9)15(18)19/h5-8H,3-4H2,1-2H3,(H,14,16,17). The van der Waals surface area contributed by atoms with Crippen LogP contribution in [0.15, 0.2) is 18.3 Å². The van der Waals surface area contributed by atoms with Crippen LogP contribution in [-0.2, 0) is 4.79 Å². The average Bonchev–Trinajstić information content (AvgIpc) is 2.40. The molecule has 7 heteroatoms. The van der Waals surface area contributed by atoms with Gasteiger partial charge in [-0.3, -0.25) is 14.9 Å². The summed E-state index contributed by atoms with van der Waals surface area (Å²) < 4.78 is 0. The molecule has 1 aromatic rings. The molecule has 0 spiro atoms. The van der Waals surface area contributed by atoms with Gasteiger partial charge in [-0.25, -0.2) is 0 Å². The van der Waals surface area contributed by atoms with Gasteiger partial charge in [-0.1, -0.05) is 13.8 Å². The zero-order valence-electron chi connectivity index (χ0n) is 10.8. The van der Waals surface area contributed by atoms with Gasteiger partial charge >= 0.3 is 5.82 Å². The Kier molecular flexibility index (Phi) is 5.11. The fourth-order valence-electron chi connectivity index (χ4n) is 1.61. The van der Waals surface area contributed by atoms with Gasteiger partial charge < -0.3 is 10.1 Å². The number of nitrogens with one attached hydrogen (secondary N) is 1. The molecule has 0 saturated carbocycles. The van der Waals surface area contributed by atoms with Crippen molar-refractivity contribution in [3.8, 4) is 0 Å². The molecule has 1 heterocycles. The van der Waals surface area contributed by atoms with Crippen molar-refractivity contribution in [1.29, 1.82) is 0 Å². The second-order valence-electron chi connectivity index (χ2n) is 3.99. The zero-order chi connectivity index (χ0) is 14.4. The predicted molar refractivity (Wildman–Crippen MR) is 67.4 cm³/mol. The van der Waals surface area contributed by atoms with Crippen LogP contribution < -0.4 is 5.32 Å². The smallest absolute Gasteiger partial charge is 0.358 e. The van der Waals surface area contributed by atoms with Crippen molar-refractivity contribution in [2.75, 3.05) is 0 Å². The SMILES string of the molecule is CCC(CC)C(=O)NC(=O)c1ccnc([N+](=O)[O-])c1.